The average molecular weight is 455 g/mol. The van der Waals surface area contributed by atoms with Crippen LogP contribution in [0.4, 0.5) is 13.2 Å². The largest absolute Gasteiger partial charge is 0.494 e. The van der Waals surface area contributed by atoms with E-state index < -0.39 is 17.5 Å². The predicted molar refractivity (Wildman–Crippen MR) is 124 cm³/mol. The lowest BCUT2D eigenvalue weighted by Crippen LogP contribution is -2.17. The summed E-state index contributed by atoms with van der Waals surface area (Å²) in [6.45, 7) is 0.167. The van der Waals surface area contributed by atoms with Crippen LogP contribution in [0.1, 0.15) is 48.3 Å². The molecule has 3 aromatic carbocycles. The standard InChI is InChI=1S/C28H29F3O2/c1-33-26-15-13-23(16-25(26)29)20-7-2-18(3-8-20)4-11-22-12-14-24(28(31)27(22)30)21-9-5-19(17-32)6-10-21/h2-3,7-8,12-16,19,21,32H,4-6,9-11,17H2,1H3. The van der Waals surface area contributed by atoms with Crippen LogP contribution >= 0.6 is 0 Å². The summed E-state index contributed by atoms with van der Waals surface area (Å²) in [7, 11) is 1.43. The molecule has 2 nitrogen and oxygen atoms in total. The van der Waals surface area contributed by atoms with Crippen molar-refractivity contribution in [3.05, 3.63) is 88.7 Å². The maximum absolute atomic E-state index is 14.8. The van der Waals surface area contributed by atoms with E-state index in [9.17, 15) is 18.3 Å². The van der Waals surface area contributed by atoms with Crippen molar-refractivity contribution in [2.75, 3.05) is 13.7 Å². The first-order chi connectivity index (χ1) is 16.0. The zero-order chi connectivity index (χ0) is 23.4. The number of hydrogen-bond acceptors (Lipinski definition) is 2. The number of halogens is 3. The molecule has 1 aliphatic carbocycles. The van der Waals surface area contributed by atoms with E-state index in [4.69, 9.17) is 4.74 Å². The molecule has 1 N–H and O–H groups in total. The molecule has 0 heterocycles. The van der Waals surface area contributed by atoms with Crippen LogP contribution in [0, 0.1) is 23.4 Å². The molecule has 5 heteroatoms. The molecular formula is C28H29F3O2. The highest BCUT2D eigenvalue weighted by molar-refractivity contribution is 5.64. The van der Waals surface area contributed by atoms with Gasteiger partial charge in [0.25, 0.3) is 0 Å². The molecule has 0 unspecified atom stereocenters. The second-order valence-corrected chi connectivity index (χ2v) is 8.89. The van der Waals surface area contributed by atoms with Crippen molar-refractivity contribution < 1.29 is 23.0 Å². The van der Waals surface area contributed by atoms with Gasteiger partial charge in [-0.15, -0.1) is 0 Å². The van der Waals surface area contributed by atoms with Gasteiger partial charge in [0.2, 0.25) is 0 Å². The average Bonchev–Trinajstić information content (AvgIpc) is 2.85. The van der Waals surface area contributed by atoms with Crippen LogP contribution in [0.2, 0.25) is 0 Å². The van der Waals surface area contributed by atoms with E-state index in [0.717, 1.165) is 42.4 Å². The Morgan fingerprint density at radius 2 is 1.52 bits per heavy atom. The summed E-state index contributed by atoms with van der Waals surface area (Å²) in [4.78, 5) is 0. The van der Waals surface area contributed by atoms with Gasteiger partial charge < -0.3 is 9.84 Å². The number of benzene rings is 3. The lowest BCUT2D eigenvalue weighted by Gasteiger charge is -2.28. The van der Waals surface area contributed by atoms with Gasteiger partial charge in [0, 0.05) is 6.61 Å². The lowest BCUT2D eigenvalue weighted by atomic mass is 9.78. The first kappa shape index (κ1) is 23.4. The molecule has 1 saturated carbocycles. The molecule has 0 radical (unpaired) electrons. The molecule has 0 aliphatic heterocycles. The van der Waals surface area contributed by atoms with E-state index in [-0.39, 0.29) is 24.2 Å². The van der Waals surface area contributed by atoms with Gasteiger partial charge in [-0.2, -0.15) is 0 Å². The molecule has 1 fully saturated rings. The molecule has 0 amide bonds. The Labute approximate surface area is 193 Å². The second kappa shape index (κ2) is 10.4. The minimum atomic E-state index is -0.748. The van der Waals surface area contributed by atoms with Crippen molar-refractivity contribution >= 4 is 0 Å². The number of aliphatic hydroxyl groups is 1. The Morgan fingerprint density at radius 3 is 2.15 bits per heavy atom. The smallest absolute Gasteiger partial charge is 0.165 e. The Morgan fingerprint density at radius 1 is 0.818 bits per heavy atom. The molecule has 1 aliphatic rings. The summed E-state index contributed by atoms with van der Waals surface area (Å²) in [6.07, 6.45) is 4.24. The summed E-state index contributed by atoms with van der Waals surface area (Å²) < 4.78 is 48.5. The van der Waals surface area contributed by atoms with Crippen molar-refractivity contribution in [3.63, 3.8) is 0 Å². The molecule has 33 heavy (non-hydrogen) atoms. The zero-order valence-electron chi connectivity index (χ0n) is 18.8. The number of aryl methyl sites for hydroxylation is 2. The second-order valence-electron chi connectivity index (χ2n) is 8.89. The molecule has 0 aromatic heterocycles. The van der Waals surface area contributed by atoms with E-state index >= 15 is 0 Å². The number of rotatable bonds is 7. The van der Waals surface area contributed by atoms with Gasteiger partial charge in [0.1, 0.15) is 0 Å². The van der Waals surface area contributed by atoms with E-state index in [1.807, 2.05) is 24.3 Å². The highest BCUT2D eigenvalue weighted by Crippen LogP contribution is 2.37. The fraction of sp³-hybridized carbons (Fsp3) is 0.357. The Kier molecular flexibility index (Phi) is 7.39. The molecule has 0 bridgehead atoms. The van der Waals surface area contributed by atoms with Crippen molar-refractivity contribution in [1.29, 1.82) is 0 Å². The summed E-state index contributed by atoms with van der Waals surface area (Å²) >= 11 is 0. The SMILES string of the molecule is COc1ccc(-c2ccc(CCc3ccc(C4CCC(CO)CC4)c(F)c3F)cc2)cc1F. The van der Waals surface area contributed by atoms with E-state index in [2.05, 4.69) is 0 Å². The Bertz CT molecular complexity index is 1090. The quantitative estimate of drug-likeness (QED) is 0.424. The minimum absolute atomic E-state index is 0.0201. The van der Waals surface area contributed by atoms with Crippen molar-refractivity contribution in [3.8, 4) is 16.9 Å². The fourth-order valence-corrected chi connectivity index (χ4v) is 4.76. The van der Waals surface area contributed by atoms with E-state index in [1.165, 1.54) is 13.2 Å². The molecular weight excluding hydrogens is 425 g/mol. The first-order valence-corrected chi connectivity index (χ1v) is 11.5. The van der Waals surface area contributed by atoms with Gasteiger partial charge in [-0.05, 0) is 90.3 Å². The highest BCUT2D eigenvalue weighted by Gasteiger charge is 2.26. The van der Waals surface area contributed by atoms with Gasteiger partial charge in [0.05, 0.1) is 7.11 Å². The van der Waals surface area contributed by atoms with Crippen LogP contribution in [0.25, 0.3) is 11.1 Å². The zero-order valence-corrected chi connectivity index (χ0v) is 18.8. The van der Waals surface area contributed by atoms with E-state index in [0.29, 0.717) is 24.0 Å². The van der Waals surface area contributed by atoms with Crippen LogP contribution in [-0.4, -0.2) is 18.8 Å². The van der Waals surface area contributed by atoms with Crippen LogP contribution < -0.4 is 4.74 Å². The summed E-state index contributed by atoms with van der Waals surface area (Å²) in [5.41, 5.74) is 3.46. The van der Waals surface area contributed by atoms with Gasteiger partial charge in [-0.1, -0.05) is 42.5 Å². The molecule has 0 spiro atoms. The van der Waals surface area contributed by atoms with Crippen LogP contribution in [-0.2, 0) is 12.8 Å². The van der Waals surface area contributed by atoms with Crippen LogP contribution in [0.3, 0.4) is 0 Å². The third-order valence-electron chi connectivity index (χ3n) is 6.86. The predicted octanol–water partition coefficient (Wildman–Crippen LogP) is 6.83. The molecule has 4 rings (SSSR count). The summed E-state index contributed by atoms with van der Waals surface area (Å²) in [5.74, 6) is -1.39. The minimum Gasteiger partial charge on any atom is -0.494 e. The third-order valence-corrected chi connectivity index (χ3v) is 6.86. The van der Waals surface area contributed by atoms with Gasteiger partial charge >= 0.3 is 0 Å². The highest BCUT2D eigenvalue weighted by atomic mass is 19.2. The van der Waals surface area contributed by atoms with Gasteiger partial charge in [-0.25, -0.2) is 13.2 Å². The lowest BCUT2D eigenvalue weighted by molar-refractivity contribution is 0.181. The Hall–Kier alpha value is -2.79. The Balaban J connectivity index is 1.41. The summed E-state index contributed by atoms with van der Waals surface area (Å²) in [5, 5.41) is 9.29. The fourth-order valence-electron chi connectivity index (χ4n) is 4.76. The van der Waals surface area contributed by atoms with Crippen LogP contribution in [0.5, 0.6) is 5.75 Å². The van der Waals surface area contributed by atoms with Crippen LogP contribution in [0.15, 0.2) is 54.6 Å². The summed E-state index contributed by atoms with van der Waals surface area (Å²) in [6, 6.07) is 15.9. The third kappa shape index (κ3) is 5.25. The first-order valence-electron chi connectivity index (χ1n) is 11.5. The van der Waals surface area contributed by atoms with E-state index in [1.54, 1.807) is 24.3 Å². The van der Waals surface area contributed by atoms with Gasteiger partial charge in [-0.3, -0.25) is 0 Å². The van der Waals surface area contributed by atoms with Gasteiger partial charge in [0.15, 0.2) is 23.2 Å². The molecule has 0 saturated heterocycles. The molecule has 3 aromatic rings. The molecule has 0 atom stereocenters. The normalized spacial score (nSPS) is 18.3. The monoisotopic (exact) mass is 454 g/mol. The number of hydrogen-bond donors (Lipinski definition) is 1. The van der Waals surface area contributed by atoms with Crippen molar-refractivity contribution in [2.24, 2.45) is 5.92 Å². The molecule has 174 valence electrons. The number of ether oxygens (including phenoxy) is 1. The topological polar surface area (TPSA) is 29.5 Å². The van der Waals surface area contributed by atoms with Crippen molar-refractivity contribution in [1.82, 2.24) is 0 Å². The van der Waals surface area contributed by atoms with Crippen molar-refractivity contribution in [2.45, 2.75) is 44.4 Å². The maximum atomic E-state index is 14.8. The maximum Gasteiger partial charge on any atom is 0.165 e. The number of methoxy groups -OCH3 is 1. The number of aliphatic hydroxyl groups excluding tert-OH is 1.